The van der Waals surface area contributed by atoms with Crippen LogP contribution in [0.25, 0.3) is 10.9 Å². The summed E-state index contributed by atoms with van der Waals surface area (Å²) in [6.07, 6.45) is 5.60. The molecular weight excluding hydrogens is 398 g/mol. The Morgan fingerprint density at radius 2 is 1.90 bits per heavy atom. The maximum Gasteiger partial charge on any atom is 0.262 e. The van der Waals surface area contributed by atoms with Gasteiger partial charge in [0.25, 0.3) is 11.5 Å². The first kappa shape index (κ1) is 20.3. The summed E-state index contributed by atoms with van der Waals surface area (Å²) in [5.41, 5.74) is 1.88. The number of aromatic nitrogens is 2. The fourth-order valence-electron chi connectivity index (χ4n) is 3.97. The van der Waals surface area contributed by atoms with Crippen molar-refractivity contribution < 1.29 is 9.53 Å². The number of aromatic amines is 1. The van der Waals surface area contributed by atoms with Crippen LogP contribution in [0.5, 0.6) is 5.75 Å². The van der Waals surface area contributed by atoms with Gasteiger partial charge in [-0.1, -0.05) is 31.4 Å². The van der Waals surface area contributed by atoms with Crippen LogP contribution < -0.4 is 15.6 Å². The summed E-state index contributed by atoms with van der Waals surface area (Å²) in [7, 11) is 1.61. The van der Waals surface area contributed by atoms with E-state index in [1.165, 1.54) is 11.0 Å². The fraction of sp³-hybridized carbons (Fsp3) is 0.348. The minimum absolute atomic E-state index is 0.106. The van der Waals surface area contributed by atoms with Crippen LogP contribution in [0.2, 0.25) is 0 Å². The molecule has 0 atom stereocenters. The Morgan fingerprint density at radius 3 is 2.60 bits per heavy atom. The van der Waals surface area contributed by atoms with Crippen molar-refractivity contribution in [2.24, 2.45) is 0 Å². The van der Waals surface area contributed by atoms with Crippen LogP contribution in [0.3, 0.4) is 0 Å². The van der Waals surface area contributed by atoms with Crippen LogP contribution in [0.1, 0.15) is 48.0 Å². The summed E-state index contributed by atoms with van der Waals surface area (Å²) >= 11 is 5.44. The van der Waals surface area contributed by atoms with Crippen molar-refractivity contribution in [3.8, 4) is 5.75 Å². The molecule has 6 nitrogen and oxygen atoms in total. The number of nitrogens with zero attached hydrogens (tertiary/aromatic N) is 1. The zero-order valence-electron chi connectivity index (χ0n) is 16.9. The molecule has 1 aliphatic carbocycles. The average Bonchev–Trinajstić information content (AvgIpc) is 2.77. The molecule has 0 aliphatic heterocycles. The number of carbonyl (C=O) groups excluding carboxylic acids is 1. The average molecular weight is 424 g/mol. The topological polar surface area (TPSA) is 76.1 Å². The number of amides is 1. The molecule has 30 heavy (non-hydrogen) atoms. The van der Waals surface area contributed by atoms with Crippen molar-refractivity contribution in [1.29, 1.82) is 0 Å². The molecule has 2 aromatic carbocycles. The monoisotopic (exact) mass is 423 g/mol. The second-order valence-electron chi connectivity index (χ2n) is 7.74. The SMILES string of the molecule is COc1ccc(Cn2c(=S)[nH]c3cc(C(=O)NC4CCCCC4)ccc3c2=O)cc1. The highest BCUT2D eigenvalue weighted by Crippen LogP contribution is 2.19. The van der Waals surface area contributed by atoms with Gasteiger partial charge >= 0.3 is 0 Å². The lowest BCUT2D eigenvalue weighted by atomic mass is 9.95. The number of carbonyl (C=O) groups is 1. The highest BCUT2D eigenvalue weighted by atomic mass is 32.1. The predicted octanol–water partition coefficient (Wildman–Crippen LogP) is 4.18. The third-order valence-electron chi connectivity index (χ3n) is 5.68. The van der Waals surface area contributed by atoms with Gasteiger partial charge in [0.1, 0.15) is 5.75 Å². The minimum atomic E-state index is -0.177. The Labute approximate surface area is 179 Å². The number of ether oxygens (including phenoxy) is 1. The number of hydrogen-bond donors (Lipinski definition) is 2. The van der Waals surface area contributed by atoms with Gasteiger partial charge in [0.05, 0.1) is 24.6 Å². The molecule has 1 fully saturated rings. The normalized spacial score (nSPS) is 14.6. The molecule has 1 heterocycles. The van der Waals surface area contributed by atoms with Gasteiger partial charge in [-0.15, -0.1) is 0 Å². The van der Waals surface area contributed by atoms with Crippen LogP contribution in [-0.4, -0.2) is 28.6 Å². The van der Waals surface area contributed by atoms with E-state index in [9.17, 15) is 9.59 Å². The van der Waals surface area contributed by atoms with Crippen molar-refractivity contribution >= 4 is 29.0 Å². The van der Waals surface area contributed by atoms with Gasteiger partial charge in [-0.25, -0.2) is 0 Å². The van der Waals surface area contributed by atoms with Crippen LogP contribution in [0.15, 0.2) is 47.3 Å². The zero-order valence-corrected chi connectivity index (χ0v) is 17.8. The van der Waals surface area contributed by atoms with Crippen LogP contribution in [0.4, 0.5) is 0 Å². The Hall–Kier alpha value is -2.93. The molecule has 0 radical (unpaired) electrons. The van der Waals surface area contributed by atoms with E-state index in [-0.39, 0.29) is 17.5 Å². The number of nitrogens with one attached hydrogen (secondary N) is 2. The summed E-state index contributed by atoms with van der Waals surface area (Å²) in [5.74, 6) is 0.652. The van der Waals surface area contributed by atoms with Gasteiger partial charge in [-0.2, -0.15) is 0 Å². The van der Waals surface area contributed by atoms with Crippen molar-refractivity contribution in [1.82, 2.24) is 14.9 Å². The first-order valence-corrected chi connectivity index (χ1v) is 10.7. The van der Waals surface area contributed by atoms with Gasteiger partial charge in [0.2, 0.25) is 0 Å². The largest absolute Gasteiger partial charge is 0.497 e. The molecule has 7 heteroatoms. The molecule has 156 valence electrons. The lowest BCUT2D eigenvalue weighted by Crippen LogP contribution is -2.36. The van der Waals surface area contributed by atoms with Gasteiger partial charge in [-0.05, 0) is 61.0 Å². The third kappa shape index (κ3) is 4.31. The first-order valence-electron chi connectivity index (χ1n) is 10.3. The molecule has 1 saturated carbocycles. The molecule has 0 bridgehead atoms. The van der Waals surface area contributed by atoms with E-state index in [1.54, 1.807) is 25.3 Å². The van der Waals surface area contributed by atoms with E-state index in [0.717, 1.165) is 37.0 Å². The van der Waals surface area contributed by atoms with E-state index in [0.29, 0.717) is 27.8 Å². The predicted molar refractivity (Wildman–Crippen MR) is 120 cm³/mol. The van der Waals surface area contributed by atoms with Gasteiger partial charge < -0.3 is 15.0 Å². The third-order valence-corrected chi connectivity index (χ3v) is 6.01. The highest BCUT2D eigenvalue weighted by molar-refractivity contribution is 7.71. The fourth-order valence-corrected chi connectivity index (χ4v) is 4.23. The summed E-state index contributed by atoms with van der Waals surface area (Å²) in [4.78, 5) is 28.8. The van der Waals surface area contributed by atoms with Gasteiger partial charge in [-0.3, -0.25) is 14.2 Å². The first-order chi connectivity index (χ1) is 14.5. The van der Waals surface area contributed by atoms with Crippen molar-refractivity contribution in [2.75, 3.05) is 7.11 Å². The molecule has 1 aliphatic rings. The number of methoxy groups -OCH3 is 1. The molecule has 4 rings (SSSR count). The van der Waals surface area contributed by atoms with E-state index in [1.807, 2.05) is 24.3 Å². The molecular formula is C23H25N3O3S. The van der Waals surface area contributed by atoms with E-state index in [2.05, 4.69) is 10.3 Å². The standard InChI is InChI=1S/C23H25N3O3S/c1-29-18-10-7-15(8-11-18)14-26-22(28)19-12-9-16(13-20(19)25-23(26)30)21(27)24-17-5-3-2-4-6-17/h7-13,17H,2-6,14H2,1H3,(H,24,27)(H,25,30). The molecule has 0 spiro atoms. The summed E-state index contributed by atoms with van der Waals surface area (Å²) < 4.78 is 7.03. The molecule has 3 aromatic rings. The van der Waals surface area contributed by atoms with E-state index < -0.39 is 0 Å². The van der Waals surface area contributed by atoms with E-state index >= 15 is 0 Å². The Bertz CT molecular complexity index is 1180. The van der Waals surface area contributed by atoms with Crippen LogP contribution >= 0.6 is 12.2 Å². The number of H-pyrrole nitrogens is 1. The maximum atomic E-state index is 13.0. The molecule has 0 saturated heterocycles. The number of rotatable bonds is 5. The quantitative estimate of drug-likeness (QED) is 0.604. The molecule has 2 N–H and O–H groups in total. The van der Waals surface area contributed by atoms with Crippen LogP contribution in [-0.2, 0) is 6.54 Å². The Balaban J connectivity index is 1.60. The van der Waals surface area contributed by atoms with Gasteiger partial charge in [0.15, 0.2) is 4.77 Å². The summed E-state index contributed by atoms with van der Waals surface area (Å²) in [6.45, 7) is 0.359. The summed E-state index contributed by atoms with van der Waals surface area (Å²) in [6, 6.07) is 12.9. The Morgan fingerprint density at radius 1 is 1.17 bits per heavy atom. The minimum Gasteiger partial charge on any atom is -0.497 e. The summed E-state index contributed by atoms with van der Waals surface area (Å²) in [5, 5.41) is 3.62. The van der Waals surface area contributed by atoms with E-state index in [4.69, 9.17) is 17.0 Å². The second-order valence-corrected chi connectivity index (χ2v) is 8.12. The lowest BCUT2D eigenvalue weighted by Gasteiger charge is -2.22. The number of benzene rings is 2. The van der Waals surface area contributed by atoms with Crippen molar-refractivity contribution in [3.63, 3.8) is 0 Å². The van der Waals surface area contributed by atoms with Crippen molar-refractivity contribution in [2.45, 2.75) is 44.7 Å². The van der Waals surface area contributed by atoms with Crippen molar-refractivity contribution in [3.05, 3.63) is 68.7 Å². The Kier molecular flexibility index (Phi) is 5.99. The molecule has 1 aromatic heterocycles. The number of fused-ring (bicyclic) bond motifs is 1. The van der Waals surface area contributed by atoms with Crippen LogP contribution in [0, 0.1) is 4.77 Å². The smallest absolute Gasteiger partial charge is 0.262 e. The second kappa shape index (κ2) is 8.83. The zero-order chi connectivity index (χ0) is 21.1. The molecule has 1 amide bonds. The maximum absolute atomic E-state index is 13.0. The molecule has 0 unspecified atom stereocenters. The lowest BCUT2D eigenvalue weighted by molar-refractivity contribution is 0.0928. The van der Waals surface area contributed by atoms with Gasteiger partial charge in [0, 0.05) is 11.6 Å². The highest BCUT2D eigenvalue weighted by Gasteiger charge is 2.17. The number of hydrogen-bond acceptors (Lipinski definition) is 4.